The van der Waals surface area contributed by atoms with Crippen molar-refractivity contribution in [3.05, 3.63) is 71.6 Å². The van der Waals surface area contributed by atoms with E-state index in [1.54, 1.807) is 36.4 Å². The Morgan fingerprint density at radius 3 is 2.30 bits per heavy atom. The van der Waals surface area contributed by atoms with Crippen molar-refractivity contribution in [1.29, 1.82) is 0 Å². The number of anilines is 1. The SMILES string of the molecule is [C]#Cc1ccc(C(=O)Nc2ccccc2C(=O)O)cc1. The van der Waals surface area contributed by atoms with E-state index in [0.29, 0.717) is 11.1 Å². The number of carbonyl (C=O) groups excluding carboxylic acids is 1. The Morgan fingerprint density at radius 1 is 1.05 bits per heavy atom. The van der Waals surface area contributed by atoms with Crippen LogP contribution in [-0.4, -0.2) is 17.0 Å². The molecule has 0 aromatic heterocycles. The van der Waals surface area contributed by atoms with Crippen LogP contribution in [0.15, 0.2) is 48.5 Å². The number of hydrogen-bond acceptors (Lipinski definition) is 2. The number of nitrogens with one attached hydrogen (secondary N) is 1. The van der Waals surface area contributed by atoms with Crippen molar-refractivity contribution in [1.82, 2.24) is 0 Å². The maximum absolute atomic E-state index is 12.0. The molecule has 0 aliphatic carbocycles. The van der Waals surface area contributed by atoms with Crippen LogP contribution >= 0.6 is 0 Å². The number of para-hydroxylation sites is 1. The molecule has 0 aliphatic heterocycles. The summed E-state index contributed by atoms with van der Waals surface area (Å²) in [7, 11) is 0. The van der Waals surface area contributed by atoms with Gasteiger partial charge in [-0.3, -0.25) is 4.79 Å². The van der Waals surface area contributed by atoms with Crippen LogP contribution in [0.3, 0.4) is 0 Å². The van der Waals surface area contributed by atoms with E-state index in [2.05, 4.69) is 11.2 Å². The molecule has 0 atom stereocenters. The Hall–Kier alpha value is -3.06. The highest BCUT2D eigenvalue weighted by Crippen LogP contribution is 2.16. The predicted octanol–water partition coefficient (Wildman–Crippen LogP) is 2.57. The Labute approximate surface area is 116 Å². The van der Waals surface area contributed by atoms with Gasteiger partial charge >= 0.3 is 5.97 Å². The van der Waals surface area contributed by atoms with Crippen LogP contribution in [0.2, 0.25) is 0 Å². The van der Waals surface area contributed by atoms with Crippen LogP contribution in [-0.2, 0) is 0 Å². The first-order chi connectivity index (χ1) is 9.61. The molecular weight excluding hydrogens is 254 g/mol. The summed E-state index contributed by atoms with van der Waals surface area (Å²) in [4.78, 5) is 23.1. The van der Waals surface area contributed by atoms with Crippen molar-refractivity contribution < 1.29 is 14.7 Å². The molecule has 20 heavy (non-hydrogen) atoms. The minimum absolute atomic E-state index is 0.0327. The molecule has 1 radical (unpaired) electrons. The van der Waals surface area contributed by atoms with Crippen LogP contribution < -0.4 is 5.32 Å². The molecule has 0 unspecified atom stereocenters. The Morgan fingerprint density at radius 2 is 1.70 bits per heavy atom. The van der Waals surface area contributed by atoms with Gasteiger partial charge in [0.2, 0.25) is 0 Å². The van der Waals surface area contributed by atoms with Crippen molar-refractivity contribution in [2.75, 3.05) is 5.32 Å². The van der Waals surface area contributed by atoms with E-state index in [1.165, 1.54) is 12.1 Å². The molecule has 2 N–H and O–H groups in total. The number of aromatic carboxylic acids is 1. The van der Waals surface area contributed by atoms with Gasteiger partial charge in [0.25, 0.3) is 5.91 Å². The third kappa shape index (κ3) is 2.85. The number of carbonyl (C=O) groups is 2. The topological polar surface area (TPSA) is 66.4 Å². The van der Waals surface area contributed by atoms with E-state index in [9.17, 15) is 9.59 Å². The van der Waals surface area contributed by atoms with Gasteiger partial charge in [-0.25, -0.2) is 4.79 Å². The lowest BCUT2D eigenvalue weighted by atomic mass is 10.1. The summed E-state index contributed by atoms with van der Waals surface area (Å²) in [5.74, 6) is 0.698. The van der Waals surface area contributed by atoms with Crippen molar-refractivity contribution in [3.8, 4) is 5.92 Å². The van der Waals surface area contributed by atoms with E-state index < -0.39 is 11.9 Å². The van der Waals surface area contributed by atoms with E-state index in [-0.39, 0.29) is 11.3 Å². The highest BCUT2D eigenvalue weighted by atomic mass is 16.4. The zero-order valence-corrected chi connectivity index (χ0v) is 10.4. The molecule has 0 bridgehead atoms. The Kier molecular flexibility index (Phi) is 3.82. The zero-order valence-electron chi connectivity index (χ0n) is 10.4. The van der Waals surface area contributed by atoms with Gasteiger partial charge in [0.05, 0.1) is 11.3 Å². The lowest BCUT2D eigenvalue weighted by Gasteiger charge is -2.08. The Balaban J connectivity index is 2.23. The molecule has 4 heteroatoms. The molecule has 4 nitrogen and oxygen atoms in total. The minimum Gasteiger partial charge on any atom is -0.478 e. The van der Waals surface area contributed by atoms with Gasteiger partial charge in [0, 0.05) is 11.1 Å². The predicted molar refractivity (Wildman–Crippen MR) is 74.0 cm³/mol. The van der Waals surface area contributed by atoms with E-state index >= 15 is 0 Å². The van der Waals surface area contributed by atoms with Crippen LogP contribution in [0, 0.1) is 12.3 Å². The molecule has 1 amide bonds. The maximum Gasteiger partial charge on any atom is 0.337 e. The number of carboxylic acids is 1. The first-order valence-electron chi connectivity index (χ1n) is 5.78. The summed E-state index contributed by atoms with van der Waals surface area (Å²) in [6.45, 7) is 0. The first-order valence-corrected chi connectivity index (χ1v) is 5.78. The minimum atomic E-state index is -1.10. The fourth-order valence-electron chi connectivity index (χ4n) is 1.68. The highest BCUT2D eigenvalue weighted by molar-refractivity contribution is 6.07. The highest BCUT2D eigenvalue weighted by Gasteiger charge is 2.12. The van der Waals surface area contributed by atoms with Crippen molar-refractivity contribution >= 4 is 17.6 Å². The molecule has 2 aromatic rings. The van der Waals surface area contributed by atoms with Crippen LogP contribution in [0.1, 0.15) is 26.3 Å². The summed E-state index contributed by atoms with van der Waals surface area (Å²) in [6, 6.07) is 12.5. The third-order valence-corrected chi connectivity index (χ3v) is 2.70. The molecule has 0 heterocycles. The van der Waals surface area contributed by atoms with Crippen molar-refractivity contribution in [2.45, 2.75) is 0 Å². The quantitative estimate of drug-likeness (QED) is 0.837. The van der Waals surface area contributed by atoms with Gasteiger partial charge in [-0.05, 0) is 42.8 Å². The van der Waals surface area contributed by atoms with Crippen molar-refractivity contribution in [2.24, 2.45) is 0 Å². The second-order valence-corrected chi connectivity index (χ2v) is 4.01. The fraction of sp³-hybridized carbons (Fsp3) is 0. The second-order valence-electron chi connectivity index (χ2n) is 4.01. The number of benzene rings is 2. The average molecular weight is 264 g/mol. The van der Waals surface area contributed by atoms with Crippen LogP contribution in [0.5, 0.6) is 0 Å². The average Bonchev–Trinajstić information content (AvgIpc) is 2.47. The van der Waals surface area contributed by atoms with Crippen LogP contribution in [0.25, 0.3) is 0 Å². The summed E-state index contributed by atoms with van der Waals surface area (Å²) >= 11 is 0. The molecule has 0 saturated heterocycles. The number of carboxylic acid groups (broad SMARTS) is 1. The lowest BCUT2D eigenvalue weighted by molar-refractivity contribution is 0.0698. The van der Waals surface area contributed by atoms with Gasteiger partial charge in [0.1, 0.15) is 0 Å². The molecule has 0 fully saturated rings. The number of rotatable bonds is 3. The molecule has 2 rings (SSSR count). The summed E-state index contributed by atoms with van der Waals surface area (Å²) in [5, 5.41) is 11.6. The smallest absolute Gasteiger partial charge is 0.337 e. The molecule has 0 saturated carbocycles. The normalized spacial score (nSPS) is 9.55. The molecule has 0 aliphatic rings. The first kappa shape index (κ1) is 13.4. The molecule has 2 aromatic carbocycles. The number of hydrogen-bond donors (Lipinski definition) is 2. The monoisotopic (exact) mass is 264 g/mol. The van der Waals surface area contributed by atoms with Gasteiger partial charge in [-0.15, -0.1) is 0 Å². The lowest BCUT2D eigenvalue weighted by Crippen LogP contribution is -2.14. The zero-order chi connectivity index (χ0) is 14.5. The van der Waals surface area contributed by atoms with E-state index in [4.69, 9.17) is 11.5 Å². The molecule has 0 spiro atoms. The summed E-state index contributed by atoms with van der Waals surface area (Å²) in [6.07, 6.45) is 6.96. The molecular formula is C16H10NO3. The van der Waals surface area contributed by atoms with Gasteiger partial charge < -0.3 is 10.4 Å². The van der Waals surface area contributed by atoms with Gasteiger partial charge in [-0.2, -0.15) is 0 Å². The van der Waals surface area contributed by atoms with Gasteiger partial charge in [0.15, 0.2) is 0 Å². The van der Waals surface area contributed by atoms with E-state index in [1.807, 2.05) is 0 Å². The van der Waals surface area contributed by atoms with E-state index in [0.717, 1.165) is 0 Å². The second kappa shape index (κ2) is 5.72. The summed E-state index contributed by atoms with van der Waals surface area (Å²) < 4.78 is 0. The number of amides is 1. The Bertz CT molecular complexity index is 696. The maximum atomic E-state index is 12.0. The van der Waals surface area contributed by atoms with Gasteiger partial charge in [-0.1, -0.05) is 18.1 Å². The summed E-state index contributed by atoms with van der Waals surface area (Å²) in [5.41, 5.74) is 1.22. The fourth-order valence-corrected chi connectivity index (χ4v) is 1.68. The van der Waals surface area contributed by atoms with Crippen molar-refractivity contribution in [3.63, 3.8) is 0 Å². The third-order valence-electron chi connectivity index (χ3n) is 2.70. The standard InChI is InChI=1S/C16H10NO3/c1-2-11-7-9-12(10-8-11)15(18)17-14-6-4-3-5-13(14)16(19)20/h3-10H,(H,17,18)(H,19,20). The van der Waals surface area contributed by atoms with Crippen LogP contribution in [0.4, 0.5) is 5.69 Å². The molecule has 97 valence electrons. The largest absolute Gasteiger partial charge is 0.478 e.